The van der Waals surface area contributed by atoms with Gasteiger partial charge in [0, 0.05) is 19.7 Å². The highest BCUT2D eigenvalue weighted by atomic mass is 16.5. The summed E-state index contributed by atoms with van der Waals surface area (Å²) in [6.45, 7) is 1.35. The third kappa shape index (κ3) is 2.94. The van der Waals surface area contributed by atoms with Crippen molar-refractivity contribution in [3.05, 3.63) is 54.0 Å². The summed E-state index contributed by atoms with van der Waals surface area (Å²) in [7, 11) is 3.38. The molecular formula is C17H19N3O2. The van der Waals surface area contributed by atoms with Gasteiger partial charge in [-0.05, 0) is 29.8 Å². The molecule has 3 aromatic rings. The minimum Gasteiger partial charge on any atom is -0.497 e. The monoisotopic (exact) mass is 297 g/mol. The molecule has 0 amide bonds. The van der Waals surface area contributed by atoms with Gasteiger partial charge >= 0.3 is 0 Å². The van der Waals surface area contributed by atoms with Crippen LogP contribution in [0.1, 0.15) is 11.4 Å². The van der Waals surface area contributed by atoms with Crippen molar-refractivity contribution in [3.63, 3.8) is 0 Å². The summed E-state index contributed by atoms with van der Waals surface area (Å²) >= 11 is 0. The lowest BCUT2D eigenvalue weighted by Crippen LogP contribution is -2.08. The van der Waals surface area contributed by atoms with Gasteiger partial charge in [-0.1, -0.05) is 12.1 Å². The second-order valence-electron chi connectivity index (χ2n) is 5.05. The van der Waals surface area contributed by atoms with Crippen LogP contribution in [0.4, 0.5) is 0 Å². The van der Waals surface area contributed by atoms with Crippen molar-refractivity contribution in [1.29, 1.82) is 0 Å². The highest BCUT2D eigenvalue weighted by Crippen LogP contribution is 2.19. The second kappa shape index (κ2) is 6.58. The van der Waals surface area contributed by atoms with Crippen molar-refractivity contribution < 1.29 is 9.47 Å². The molecule has 0 aliphatic carbocycles. The quantitative estimate of drug-likeness (QED) is 0.702. The van der Waals surface area contributed by atoms with E-state index in [0.29, 0.717) is 13.2 Å². The first-order chi connectivity index (χ1) is 10.8. The Bertz CT molecular complexity index is 767. The molecule has 5 nitrogen and oxygen atoms in total. The van der Waals surface area contributed by atoms with Gasteiger partial charge in [-0.2, -0.15) is 0 Å². The average Bonchev–Trinajstić information content (AvgIpc) is 2.91. The van der Waals surface area contributed by atoms with Gasteiger partial charge < -0.3 is 14.0 Å². The zero-order valence-corrected chi connectivity index (χ0v) is 12.8. The summed E-state index contributed by atoms with van der Waals surface area (Å²) in [6, 6.07) is 12.0. The van der Waals surface area contributed by atoms with E-state index in [1.165, 1.54) is 0 Å². The van der Waals surface area contributed by atoms with Crippen molar-refractivity contribution in [2.24, 2.45) is 0 Å². The Balaban J connectivity index is 1.99. The third-order valence-electron chi connectivity index (χ3n) is 3.59. The molecule has 1 aromatic carbocycles. The molecule has 0 unspecified atom stereocenters. The predicted molar refractivity (Wildman–Crippen MR) is 85.2 cm³/mol. The first-order valence-corrected chi connectivity index (χ1v) is 7.24. The number of fused-ring (bicyclic) bond motifs is 1. The summed E-state index contributed by atoms with van der Waals surface area (Å²) in [5.41, 5.74) is 2.97. The van der Waals surface area contributed by atoms with Gasteiger partial charge in [-0.25, -0.2) is 9.97 Å². The third-order valence-corrected chi connectivity index (χ3v) is 3.59. The maximum absolute atomic E-state index is 5.30. The van der Waals surface area contributed by atoms with Crippen molar-refractivity contribution in [2.75, 3.05) is 20.8 Å². The Labute approximate surface area is 129 Å². The molecule has 0 bridgehead atoms. The maximum Gasteiger partial charge on any atom is 0.160 e. The van der Waals surface area contributed by atoms with Gasteiger partial charge in [0.15, 0.2) is 5.65 Å². The number of methoxy groups -OCH3 is 2. The summed E-state index contributed by atoms with van der Waals surface area (Å²) in [5, 5.41) is 0. The zero-order valence-electron chi connectivity index (χ0n) is 12.8. The Morgan fingerprint density at radius 2 is 2.05 bits per heavy atom. The fraction of sp³-hybridized carbons (Fsp3) is 0.294. The van der Waals surface area contributed by atoms with Crippen LogP contribution in [0.2, 0.25) is 0 Å². The van der Waals surface area contributed by atoms with Crippen LogP contribution in [-0.2, 0) is 17.7 Å². The zero-order chi connectivity index (χ0) is 15.4. The van der Waals surface area contributed by atoms with Crippen LogP contribution >= 0.6 is 0 Å². The Morgan fingerprint density at radius 1 is 1.14 bits per heavy atom. The van der Waals surface area contributed by atoms with Crippen molar-refractivity contribution in [1.82, 2.24) is 14.5 Å². The molecule has 0 saturated heterocycles. The number of nitrogens with zero attached hydrogens (tertiary/aromatic N) is 3. The van der Waals surface area contributed by atoms with E-state index in [9.17, 15) is 0 Å². The summed E-state index contributed by atoms with van der Waals surface area (Å²) in [4.78, 5) is 9.16. The minimum atomic E-state index is 0.640. The number of imidazole rings is 1. The van der Waals surface area contributed by atoms with Crippen LogP contribution in [0.15, 0.2) is 42.6 Å². The van der Waals surface area contributed by atoms with E-state index in [4.69, 9.17) is 9.47 Å². The van der Waals surface area contributed by atoms with E-state index in [0.717, 1.165) is 34.7 Å². The fourth-order valence-electron chi connectivity index (χ4n) is 2.51. The molecule has 0 spiro atoms. The molecule has 2 aromatic heterocycles. The Hall–Kier alpha value is -2.40. The molecule has 2 heterocycles. The van der Waals surface area contributed by atoms with Crippen LogP contribution in [0.25, 0.3) is 11.2 Å². The van der Waals surface area contributed by atoms with Crippen LogP contribution in [0.3, 0.4) is 0 Å². The lowest BCUT2D eigenvalue weighted by molar-refractivity contribution is 0.200. The topological polar surface area (TPSA) is 49.2 Å². The van der Waals surface area contributed by atoms with Gasteiger partial charge in [0.25, 0.3) is 0 Å². The molecule has 5 heteroatoms. The average molecular weight is 297 g/mol. The molecule has 3 rings (SSSR count). The SMILES string of the molecule is COCCc1nc2cccnc2n1Cc1cccc(OC)c1. The molecule has 0 atom stereocenters. The number of aromatic nitrogens is 3. The number of benzene rings is 1. The number of ether oxygens (including phenoxy) is 2. The lowest BCUT2D eigenvalue weighted by atomic mass is 10.2. The molecule has 114 valence electrons. The highest BCUT2D eigenvalue weighted by Gasteiger charge is 2.12. The molecule has 0 N–H and O–H groups in total. The van der Waals surface area contributed by atoms with E-state index in [1.54, 1.807) is 20.4 Å². The summed E-state index contributed by atoms with van der Waals surface area (Å²) in [5.74, 6) is 1.84. The van der Waals surface area contributed by atoms with Crippen molar-refractivity contribution >= 4 is 11.2 Å². The maximum atomic E-state index is 5.30. The van der Waals surface area contributed by atoms with E-state index < -0.39 is 0 Å². The van der Waals surface area contributed by atoms with E-state index >= 15 is 0 Å². The van der Waals surface area contributed by atoms with Crippen molar-refractivity contribution in [2.45, 2.75) is 13.0 Å². The number of rotatable bonds is 6. The Kier molecular flexibility index (Phi) is 4.34. The Morgan fingerprint density at radius 3 is 2.86 bits per heavy atom. The lowest BCUT2D eigenvalue weighted by Gasteiger charge is -2.09. The van der Waals surface area contributed by atoms with Crippen LogP contribution in [0, 0.1) is 0 Å². The summed E-state index contributed by atoms with van der Waals surface area (Å²) < 4.78 is 12.6. The normalized spacial score (nSPS) is 11.0. The van der Waals surface area contributed by atoms with Gasteiger partial charge in [-0.15, -0.1) is 0 Å². The van der Waals surface area contributed by atoms with E-state index in [-0.39, 0.29) is 0 Å². The molecule has 0 radical (unpaired) electrons. The van der Waals surface area contributed by atoms with Crippen molar-refractivity contribution in [3.8, 4) is 5.75 Å². The van der Waals surface area contributed by atoms with E-state index in [1.807, 2.05) is 30.3 Å². The molecule has 0 fully saturated rings. The smallest absolute Gasteiger partial charge is 0.160 e. The number of hydrogen-bond donors (Lipinski definition) is 0. The highest BCUT2D eigenvalue weighted by molar-refractivity contribution is 5.71. The fourth-order valence-corrected chi connectivity index (χ4v) is 2.51. The molecule has 0 aliphatic heterocycles. The predicted octanol–water partition coefficient (Wildman–Crippen LogP) is 2.68. The number of hydrogen-bond acceptors (Lipinski definition) is 4. The standard InChI is InChI=1S/C17H19N3O2/c1-21-10-8-16-19-15-7-4-9-18-17(15)20(16)12-13-5-3-6-14(11-13)22-2/h3-7,9,11H,8,10,12H2,1-2H3. The van der Waals surface area contributed by atoms with Gasteiger partial charge in [-0.3, -0.25) is 0 Å². The second-order valence-corrected chi connectivity index (χ2v) is 5.05. The van der Waals surface area contributed by atoms with Gasteiger partial charge in [0.2, 0.25) is 0 Å². The van der Waals surface area contributed by atoms with E-state index in [2.05, 4.69) is 20.6 Å². The van der Waals surface area contributed by atoms with Gasteiger partial charge in [0.1, 0.15) is 17.1 Å². The molecular weight excluding hydrogens is 278 g/mol. The molecule has 0 saturated carbocycles. The molecule has 22 heavy (non-hydrogen) atoms. The minimum absolute atomic E-state index is 0.640. The summed E-state index contributed by atoms with van der Waals surface area (Å²) in [6.07, 6.45) is 2.56. The van der Waals surface area contributed by atoms with Crippen LogP contribution in [0.5, 0.6) is 5.75 Å². The number of pyridine rings is 1. The first kappa shape index (κ1) is 14.5. The van der Waals surface area contributed by atoms with Crippen LogP contribution < -0.4 is 4.74 Å². The molecule has 0 aliphatic rings. The largest absolute Gasteiger partial charge is 0.497 e. The first-order valence-electron chi connectivity index (χ1n) is 7.24. The van der Waals surface area contributed by atoms with Crippen LogP contribution in [-0.4, -0.2) is 35.4 Å². The van der Waals surface area contributed by atoms with Gasteiger partial charge in [0.05, 0.1) is 20.3 Å².